The summed E-state index contributed by atoms with van der Waals surface area (Å²) in [6.45, 7) is 0. The molecule has 0 aromatic heterocycles. The molecule has 0 bridgehead atoms. The molecule has 74 valence electrons. The van der Waals surface area contributed by atoms with E-state index in [1.807, 2.05) is 11.8 Å². The standard InChI is InChI=1S/C12H9NS.Se/c1-3-7-11-9(5-1)13-10-6-2-4-8-12(10)14-11;/h1-8,13H;. The molecular weight excluding hydrogens is 269 g/mol. The quantitative estimate of drug-likeness (QED) is 0.631. The van der Waals surface area contributed by atoms with Gasteiger partial charge in [0, 0.05) is 26.9 Å². The molecule has 0 saturated heterocycles. The van der Waals surface area contributed by atoms with E-state index in [9.17, 15) is 0 Å². The van der Waals surface area contributed by atoms with Crippen molar-refractivity contribution in [3.05, 3.63) is 48.5 Å². The molecule has 0 spiro atoms. The molecule has 0 aliphatic carbocycles. The minimum absolute atomic E-state index is 0. The van der Waals surface area contributed by atoms with E-state index in [2.05, 4.69) is 53.8 Å². The Bertz CT molecular complexity index is 397. The van der Waals surface area contributed by atoms with E-state index in [4.69, 9.17) is 0 Å². The maximum Gasteiger partial charge on any atom is 0.0526 e. The first-order valence-corrected chi connectivity index (χ1v) is 5.38. The number of hydrogen-bond donors (Lipinski definition) is 1. The molecule has 3 rings (SSSR count). The zero-order valence-electron chi connectivity index (χ0n) is 7.94. The summed E-state index contributed by atoms with van der Waals surface area (Å²) in [5, 5.41) is 3.42. The minimum Gasteiger partial charge on any atom is -0.354 e. The van der Waals surface area contributed by atoms with Crippen LogP contribution in [0.4, 0.5) is 11.4 Å². The molecule has 0 atom stereocenters. The van der Waals surface area contributed by atoms with Crippen molar-refractivity contribution in [3.8, 4) is 0 Å². The molecule has 1 N–H and O–H groups in total. The predicted octanol–water partition coefficient (Wildman–Crippen LogP) is 3.51. The van der Waals surface area contributed by atoms with E-state index in [0.29, 0.717) is 0 Å². The molecule has 0 amide bonds. The van der Waals surface area contributed by atoms with Crippen molar-refractivity contribution in [3.63, 3.8) is 0 Å². The van der Waals surface area contributed by atoms with Gasteiger partial charge in [-0.3, -0.25) is 0 Å². The Morgan fingerprint density at radius 3 is 1.73 bits per heavy atom. The first-order chi connectivity index (χ1) is 6.93. The third-order valence-electron chi connectivity index (χ3n) is 2.26. The van der Waals surface area contributed by atoms with Gasteiger partial charge in [0.15, 0.2) is 0 Å². The van der Waals surface area contributed by atoms with Crippen molar-refractivity contribution in [1.29, 1.82) is 0 Å². The Balaban J connectivity index is 0.000000853. The van der Waals surface area contributed by atoms with Gasteiger partial charge < -0.3 is 5.32 Å². The van der Waals surface area contributed by atoms with Crippen LogP contribution in [0.5, 0.6) is 0 Å². The zero-order chi connectivity index (χ0) is 9.38. The fraction of sp³-hybridized carbons (Fsp3) is 0. The van der Waals surface area contributed by atoms with Crippen LogP contribution in [0.2, 0.25) is 0 Å². The van der Waals surface area contributed by atoms with Crippen LogP contribution < -0.4 is 5.32 Å². The van der Waals surface area contributed by atoms with E-state index in [1.165, 1.54) is 21.2 Å². The van der Waals surface area contributed by atoms with Crippen molar-refractivity contribution in [2.24, 2.45) is 0 Å². The molecule has 0 saturated carbocycles. The Kier molecular flexibility index (Phi) is 3.05. The summed E-state index contributed by atoms with van der Waals surface area (Å²) in [6.07, 6.45) is 0. The summed E-state index contributed by atoms with van der Waals surface area (Å²) >= 11 is 1.82. The molecule has 1 heterocycles. The van der Waals surface area contributed by atoms with Crippen LogP contribution in [0.15, 0.2) is 58.3 Å². The number of hydrogen-bond acceptors (Lipinski definition) is 2. The van der Waals surface area contributed by atoms with Gasteiger partial charge in [-0.1, -0.05) is 36.0 Å². The van der Waals surface area contributed by atoms with Crippen LogP contribution >= 0.6 is 11.8 Å². The summed E-state index contributed by atoms with van der Waals surface area (Å²) in [4.78, 5) is 2.59. The van der Waals surface area contributed by atoms with Crippen LogP contribution in [0.25, 0.3) is 0 Å². The Labute approximate surface area is 104 Å². The summed E-state index contributed by atoms with van der Waals surface area (Å²) in [5.41, 5.74) is 2.41. The first kappa shape index (κ1) is 10.6. The van der Waals surface area contributed by atoms with Gasteiger partial charge in [0.05, 0.1) is 11.4 Å². The number of fused-ring (bicyclic) bond motifs is 2. The van der Waals surface area contributed by atoms with E-state index in [1.54, 1.807) is 0 Å². The Hall–Kier alpha value is -0.891. The maximum atomic E-state index is 3.42. The normalized spacial score (nSPS) is 11.7. The predicted molar refractivity (Wildman–Crippen MR) is 66.0 cm³/mol. The monoisotopic (exact) mass is 279 g/mol. The van der Waals surface area contributed by atoms with E-state index < -0.39 is 0 Å². The van der Waals surface area contributed by atoms with Crippen LogP contribution in [0.1, 0.15) is 0 Å². The Morgan fingerprint density at radius 2 is 1.20 bits per heavy atom. The molecule has 1 nitrogen and oxygen atoms in total. The third-order valence-corrected chi connectivity index (χ3v) is 3.42. The zero-order valence-corrected chi connectivity index (χ0v) is 10.5. The van der Waals surface area contributed by atoms with Crippen molar-refractivity contribution in [1.82, 2.24) is 0 Å². The van der Waals surface area contributed by atoms with Gasteiger partial charge >= 0.3 is 0 Å². The minimum atomic E-state index is 0. The van der Waals surface area contributed by atoms with Gasteiger partial charge in [0.1, 0.15) is 0 Å². The number of anilines is 2. The summed E-state index contributed by atoms with van der Waals surface area (Å²) in [5.74, 6) is 0. The molecule has 2 aromatic carbocycles. The molecule has 2 radical (unpaired) electrons. The molecule has 0 unspecified atom stereocenters. The van der Waals surface area contributed by atoms with Crippen molar-refractivity contribution >= 4 is 40.2 Å². The van der Waals surface area contributed by atoms with E-state index in [-0.39, 0.29) is 17.1 Å². The topological polar surface area (TPSA) is 12.0 Å². The van der Waals surface area contributed by atoms with Crippen molar-refractivity contribution < 1.29 is 0 Å². The number of nitrogens with one attached hydrogen (secondary N) is 1. The maximum absolute atomic E-state index is 3.42. The summed E-state index contributed by atoms with van der Waals surface area (Å²) in [6, 6.07) is 16.8. The number of rotatable bonds is 0. The molecule has 1 aliphatic rings. The Morgan fingerprint density at radius 1 is 0.733 bits per heavy atom. The van der Waals surface area contributed by atoms with Crippen LogP contribution in [-0.2, 0) is 0 Å². The first-order valence-electron chi connectivity index (χ1n) is 4.56. The fourth-order valence-electron chi connectivity index (χ4n) is 1.58. The smallest absolute Gasteiger partial charge is 0.0526 e. The van der Waals surface area contributed by atoms with Gasteiger partial charge in [0.2, 0.25) is 0 Å². The van der Waals surface area contributed by atoms with E-state index >= 15 is 0 Å². The summed E-state index contributed by atoms with van der Waals surface area (Å²) in [7, 11) is 0. The van der Waals surface area contributed by atoms with Crippen molar-refractivity contribution in [2.45, 2.75) is 9.79 Å². The SMILES string of the molecule is [Se].c1ccc2c(c1)Nc1ccccc1S2. The molecule has 3 heteroatoms. The average molecular weight is 278 g/mol. The van der Waals surface area contributed by atoms with Gasteiger partial charge in [0.25, 0.3) is 0 Å². The largest absolute Gasteiger partial charge is 0.354 e. The second kappa shape index (κ2) is 4.31. The molecular formula is C12H9NSSe. The number of para-hydroxylation sites is 2. The van der Waals surface area contributed by atoms with Crippen LogP contribution in [0, 0.1) is 0 Å². The van der Waals surface area contributed by atoms with Crippen molar-refractivity contribution in [2.75, 3.05) is 5.32 Å². The number of benzene rings is 2. The molecule has 1 aliphatic heterocycles. The van der Waals surface area contributed by atoms with Gasteiger partial charge in [-0.25, -0.2) is 0 Å². The molecule has 0 fully saturated rings. The second-order valence-corrected chi connectivity index (χ2v) is 4.30. The van der Waals surface area contributed by atoms with Gasteiger partial charge in [-0.15, -0.1) is 0 Å². The fourth-order valence-corrected chi connectivity index (χ4v) is 2.57. The van der Waals surface area contributed by atoms with Gasteiger partial charge in [-0.05, 0) is 24.3 Å². The second-order valence-electron chi connectivity index (χ2n) is 3.22. The third kappa shape index (κ3) is 1.91. The van der Waals surface area contributed by atoms with Crippen LogP contribution in [-0.4, -0.2) is 17.1 Å². The van der Waals surface area contributed by atoms with E-state index in [0.717, 1.165) is 0 Å². The van der Waals surface area contributed by atoms with Gasteiger partial charge in [-0.2, -0.15) is 0 Å². The molecule has 2 aromatic rings. The summed E-state index contributed by atoms with van der Waals surface area (Å²) < 4.78 is 0. The van der Waals surface area contributed by atoms with Crippen LogP contribution in [0.3, 0.4) is 0 Å². The molecule has 15 heavy (non-hydrogen) atoms. The average Bonchev–Trinajstić information content (AvgIpc) is 2.26.